The number of aromatic nitrogens is 2. The van der Waals surface area contributed by atoms with E-state index in [9.17, 15) is 8.42 Å². The Hall–Kier alpha value is -2.26. The molecule has 0 saturated heterocycles. The van der Waals surface area contributed by atoms with Crippen LogP contribution in [-0.4, -0.2) is 62.0 Å². The zero-order valence-corrected chi connectivity index (χ0v) is 14.9. The molecule has 0 radical (unpaired) electrons. The maximum absolute atomic E-state index is 11.4. The fraction of sp³-hybridized carbons (Fsp3) is 0.438. The lowest BCUT2D eigenvalue weighted by atomic mass is 10.3. The Morgan fingerprint density at radius 2 is 1.92 bits per heavy atom. The van der Waals surface area contributed by atoms with E-state index < -0.39 is 10.0 Å². The molecule has 9 heteroatoms. The molecule has 25 heavy (non-hydrogen) atoms. The third-order valence-corrected chi connectivity index (χ3v) is 4.42. The first-order valence-electron chi connectivity index (χ1n) is 8.05. The first-order valence-corrected chi connectivity index (χ1v) is 9.94. The molecule has 0 bridgehead atoms. The van der Waals surface area contributed by atoms with Gasteiger partial charge in [-0.15, -0.1) is 0 Å². The molecule has 0 unspecified atom stereocenters. The molecule has 0 saturated carbocycles. The van der Waals surface area contributed by atoms with Crippen LogP contribution in [0.3, 0.4) is 0 Å². The molecule has 136 valence electrons. The van der Waals surface area contributed by atoms with Crippen LogP contribution < -0.4 is 14.2 Å². The summed E-state index contributed by atoms with van der Waals surface area (Å²) in [4.78, 5) is 6.31. The molecule has 0 fully saturated rings. The average molecular weight is 366 g/mol. The van der Waals surface area contributed by atoms with Crippen molar-refractivity contribution in [2.75, 3.05) is 43.8 Å². The summed E-state index contributed by atoms with van der Waals surface area (Å²) in [6.45, 7) is 4.33. The van der Waals surface area contributed by atoms with E-state index in [4.69, 9.17) is 9.47 Å². The summed E-state index contributed by atoms with van der Waals surface area (Å²) in [5.74, 6) is 1.17. The van der Waals surface area contributed by atoms with Crippen LogP contribution in [0.5, 0.6) is 11.5 Å². The summed E-state index contributed by atoms with van der Waals surface area (Å²) in [6, 6.07) is 5.04. The number of hydrogen-bond acceptors (Lipinski definition) is 6. The molecule has 1 N–H and O–H groups in total. The SMILES string of the molecule is CS(=O)(=O)Nc1ccc2c(c1)OCCN(CCn1ccnc1)CCO2. The number of sulfonamides is 1. The van der Waals surface area contributed by atoms with Crippen molar-refractivity contribution in [2.24, 2.45) is 0 Å². The fourth-order valence-corrected chi connectivity index (χ4v) is 3.15. The van der Waals surface area contributed by atoms with Gasteiger partial charge in [-0.05, 0) is 12.1 Å². The lowest BCUT2D eigenvalue weighted by molar-refractivity contribution is 0.191. The highest BCUT2D eigenvalue weighted by Crippen LogP contribution is 2.31. The van der Waals surface area contributed by atoms with Gasteiger partial charge in [-0.1, -0.05) is 0 Å². The van der Waals surface area contributed by atoms with Gasteiger partial charge in [0.05, 0.1) is 18.3 Å². The highest BCUT2D eigenvalue weighted by atomic mass is 32.2. The second kappa shape index (κ2) is 7.75. The summed E-state index contributed by atoms with van der Waals surface area (Å²) in [5.41, 5.74) is 0.459. The van der Waals surface area contributed by atoms with Gasteiger partial charge in [-0.25, -0.2) is 13.4 Å². The second-order valence-corrected chi connectivity index (χ2v) is 7.62. The lowest BCUT2D eigenvalue weighted by Gasteiger charge is -2.20. The van der Waals surface area contributed by atoms with E-state index >= 15 is 0 Å². The minimum absolute atomic E-state index is 0.459. The zero-order chi connectivity index (χ0) is 17.7. The number of ether oxygens (including phenoxy) is 2. The Kier molecular flexibility index (Phi) is 5.44. The van der Waals surface area contributed by atoms with Crippen molar-refractivity contribution in [1.29, 1.82) is 0 Å². The molecule has 8 nitrogen and oxygen atoms in total. The van der Waals surface area contributed by atoms with E-state index in [1.165, 1.54) is 0 Å². The molecule has 1 aromatic carbocycles. The maximum Gasteiger partial charge on any atom is 0.229 e. The number of benzene rings is 1. The number of anilines is 1. The van der Waals surface area contributed by atoms with Crippen molar-refractivity contribution < 1.29 is 17.9 Å². The quantitative estimate of drug-likeness (QED) is 0.851. The standard InChI is InChI=1S/C16H22N4O4S/c1-25(21,22)18-14-2-3-15-16(12-14)24-11-9-19(8-10-23-15)6-7-20-5-4-17-13-20/h2-5,12-13,18H,6-11H2,1H3. The van der Waals surface area contributed by atoms with Gasteiger partial charge in [0.25, 0.3) is 0 Å². The molecule has 2 aromatic rings. The Morgan fingerprint density at radius 3 is 2.60 bits per heavy atom. The summed E-state index contributed by atoms with van der Waals surface area (Å²) >= 11 is 0. The maximum atomic E-state index is 11.4. The molecular formula is C16H22N4O4S. The van der Waals surface area contributed by atoms with Crippen LogP contribution in [0.4, 0.5) is 5.69 Å². The molecule has 0 atom stereocenters. The van der Waals surface area contributed by atoms with Gasteiger partial charge in [-0.2, -0.15) is 0 Å². The fourth-order valence-electron chi connectivity index (χ4n) is 2.60. The van der Waals surface area contributed by atoms with Crippen molar-refractivity contribution >= 4 is 15.7 Å². The number of nitrogens with one attached hydrogen (secondary N) is 1. The van der Waals surface area contributed by atoms with Crippen LogP contribution in [0.15, 0.2) is 36.9 Å². The zero-order valence-electron chi connectivity index (χ0n) is 14.1. The normalized spacial score (nSPS) is 15.9. The topological polar surface area (TPSA) is 85.7 Å². The number of hydrogen-bond donors (Lipinski definition) is 1. The highest BCUT2D eigenvalue weighted by molar-refractivity contribution is 7.92. The van der Waals surface area contributed by atoms with Crippen molar-refractivity contribution in [3.8, 4) is 11.5 Å². The predicted molar refractivity (Wildman–Crippen MR) is 94.6 cm³/mol. The van der Waals surface area contributed by atoms with Crippen LogP contribution in [0.1, 0.15) is 0 Å². The average Bonchev–Trinajstić information content (AvgIpc) is 3.07. The Labute approximate surface area is 147 Å². The first-order chi connectivity index (χ1) is 12.0. The van der Waals surface area contributed by atoms with E-state index in [0.29, 0.717) is 30.4 Å². The van der Waals surface area contributed by atoms with Gasteiger partial charge in [0.15, 0.2) is 11.5 Å². The number of imidazole rings is 1. The summed E-state index contributed by atoms with van der Waals surface area (Å²) in [7, 11) is -3.33. The molecule has 3 rings (SSSR count). The molecule has 0 amide bonds. The second-order valence-electron chi connectivity index (χ2n) is 5.87. The lowest BCUT2D eigenvalue weighted by Crippen LogP contribution is -2.34. The molecule has 1 aliphatic rings. The third-order valence-electron chi connectivity index (χ3n) is 3.81. The molecular weight excluding hydrogens is 344 g/mol. The Morgan fingerprint density at radius 1 is 1.16 bits per heavy atom. The third kappa shape index (κ3) is 5.36. The van der Waals surface area contributed by atoms with Gasteiger partial charge >= 0.3 is 0 Å². The molecule has 1 aromatic heterocycles. The van der Waals surface area contributed by atoms with Gasteiger partial charge in [0.2, 0.25) is 10.0 Å². The number of nitrogens with zero attached hydrogens (tertiary/aromatic N) is 3. The number of rotatable bonds is 5. The summed E-state index contributed by atoms with van der Waals surface area (Å²) < 4.78 is 38.8. The van der Waals surface area contributed by atoms with Crippen LogP contribution >= 0.6 is 0 Å². The van der Waals surface area contributed by atoms with Crippen LogP contribution in [-0.2, 0) is 16.6 Å². The van der Waals surface area contributed by atoms with Gasteiger partial charge in [0, 0.05) is 44.6 Å². The van der Waals surface area contributed by atoms with Crippen molar-refractivity contribution in [3.05, 3.63) is 36.9 Å². The monoisotopic (exact) mass is 366 g/mol. The molecule has 2 heterocycles. The van der Waals surface area contributed by atoms with E-state index in [2.05, 4.69) is 14.6 Å². The van der Waals surface area contributed by atoms with E-state index in [0.717, 1.165) is 32.4 Å². The van der Waals surface area contributed by atoms with Crippen molar-refractivity contribution in [2.45, 2.75) is 6.54 Å². The Bertz CT molecular complexity index is 792. The highest BCUT2D eigenvalue weighted by Gasteiger charge is 2.14. The van der Waals surface area contributed by atoms with E-state index in [-0.39, 0.29) is 0 Å². The number of fused-ring (bicyclic) bond motifs is 1. The van der Waals surface area contributed by atoms with Crippen molar-refractivity contribution in [3.63, 3.8) is 0 Å². The smallest absolute Gasteiger partial charge is 0.229 e. The molecule has 0 aliphatic carbocycles. The minimum atomic E-state index is -3.33. The van der Waals surface area contributed by atoms with Gasteiger partial charge in [-0.3, -0.25) is 9.62 Å². The van der Waals surface area contributed by atoms with Crippen molar-refractivity contribution in [1.82, 2.24) is 14.5 Å². The summed E-state index contributed by atoms with van der Waals surface area (Å²) in [5, 5.41) is 0. The van der Waals surface area contributed by atoms with Crippen LogP contribution in [0.25, 0.3) is 0 Å². The van der Waals surface area contributed by atoms with Crippen LogP contribution in [0, 0.1) is 0 Å². The minimum Gasteiger partial charge on any atom is -0.488 e. The molecule has 0 spiro atoms. The summed E-state index contributed by atoms with van der Waals surface area (Å²) in [6.07, 6.45) is 6.62. The van der Waals surface area contributed by atoms with Gasteiger partial charge in [0.1, 0.15) is 13.2 Å². The van der Waals surface area contributed by atoms with Gasteiger partial charge < -0.3 is 14.0 Å². The largest absolute Gasteiger partial charge is 0.488 e. The van der Waals surface area contributed by atoms with Crippen LogP contribution in [0.2, 0.25) is 0 Å². The predicted octanol–water partition coefficient (Wildman–Crippen LogP) is 1.03. The first kappa shape index (κ1) is 17.6. The molecule has 1 aliphatic heterocycles. The van der Waals surface area contributed by atoms with E-state index in [1.54, 1.807) is 30.7 Å². The van der Waals surface area contributed by atoms with E-state index in [1.807, 2.05) is 10.8 Å². The Balaban J connectivity index is 1.61.